The number of aromatic nitrogens is 2. The average Bonchev–Trinajstić information content (AvgIpc) is 3.31. The summed E-state index contributed by atoms with van der Waals surface area (Å²) in [4.78, 5) is 12.8. The first-order chi connectivity index (χ1) is 16.3. The van der Waals surface area contributed by atoms with Gasteiger partial charge in [0.15, 0.2) is 0 Å². The molecule has 0 saturated heterocycles. The van der Waals surface area contributed by atoms with Crippen molar-refractivity contribution in [1.29, 1.82) is 0 Å². The second-order valence-corrected chi connectivity index (χ2v) is 9.22. The summed E-state index contributed by atoms with van der Waals surface area (Å²) in [5, 5.41) is 10.4. The number of amides is 1. The summed E-state index contributed by atoms with van der Waals surface area (Å²) in [7, 11) is -0.619. The molecule has 0 aliphatic heterocycles. The van der Waals surface area contributed by atoms with Crippen LogP contribution in [0.5, 0.6) is 11.5 Å². The number of hydrogen-bond acceptors (Lipinski definition) is 8. The first-order valence-corrected chi connectivity index (χ1v) is 12.3. The van der Waals surface area contributed by atoms with Crippen LogP contribution in [0, 0.1) is 0 Å². The van der Waals surface area contributed by atoms with Gasteiger partial charge in [0.2, 0.25) is 10.0 Å². The van der Waals surface area contributed by atoms with Gasteiger partial charge in [0.1, 0.15) is 17.1 Å². The quantitative estimate of drug-likeness (QED) is 0.432. The van der Waals surface area contributed by atoms with E-state index in [1.165, 1.54) is 42.8 Å². The maximum absolute atomic E-state index is 12.9. The van der Waals surface area contributed by atoms with Gasteiger partial charge < -0.3 is 13.9 Å². The van der Waals surface area contributed by atoms with Crippen molar-refractivity contribution in [3.63, 3.8) is 0 Å². The zero-order valence-electron chi connectivity index (χ0n) is 19.6. The number of rotatable bonds is 11. The molecule has 1 aromatic heterocycles. The van der Waals surface area contributed by atoms with E-state index in [0.717, 1.165) is 12.8 Å². The van der Waals surface area contributed by atoms with Crippen LogP contribution >= 0.6 is 0 Å². The van der Waals surface area contributed by atoms with Gasteiger partial charge in [0, 0.05) is 18.7 Å². The molecule has 0 unspecified atom stereocenters. The standard InChI is InChI=1S/C23H28N4O6S/c1-5-7-15-27(6-2)34(29,30)17-13-11-16(12-14-17)21(28)24-23-26-25-22(33-23)20-18(31-3)9-8-10-19(20)32-4/h8-14H,5-7,15H2,1-4H3,(H,24,26,28). The van der Waals surface area contributed by atoms with Crippen LogP contribution in [-0.2, 0) is 10.0 Å². The van der Waals surface area contributed by atoms with E-state index in [4.69, 9.17) is 13.9 Å². The molecule has 3 rings (SSSR count). The Bertz CT molecular complexity index is 1200. The fourth-order valence-electron chi connectivity index (χ4n) is 3.32. The Morgan fingerprint density at radius 3 is 2.24 bits per heavy atom. The highest BCUT2D eigenvalue weighted by atomic mass is 32.2. The van der Waals surface area contributed by atoms with Crippen molar-refractivity contribution in [1.82, 2.24) is 14.5 Å². The fraction of sp³-hybridized carbons (Fsp3) is 0.348. The van der Waals surface area contributed by atoms with Gasteiger partial charge in [-0.25, -0.2) is 8.42 Å². The van der Waals surface area contributed by atoms with E-state index < -0.39 is 15.9 Å². The number of benzene rings is 2. The van der Waals surface area contributed by atoms with Crippen molar-refractivity contribution in [3.05, 3.63) is 48.0 Å². The Balaban J connectivity index is 1.76. The molecule has 1 heterocycles. The third-order valence-electron chi connectivity index (χ3n) is 5.16. The molecule has 0 aliphatic rings. The number of nitrogens with one attached hydrogen (secondary N) is 1. The molecule has 1 amide bonds. The van der Waals surface area contributed by atoms with Crippen LogP contribution in [0.4, 0.5) is 6.01 Å². The van der Waals surface area contributed by atoms with Crippen molar-refractivity contribution in [2.24, 2.45) is 0 Å². The molecule has 2 aromatic carbocycles. The number of unbranched alkanes of at least 4 members (excludes halogenated alkanes) is 1. The Kier molecular flexibility index (Phi) is 8.24. The molecule has 0 atom stereocenters. The number of sulfonamides is 1. The van der Waals surface area contributed by atoms with Crippen LogP contribution in [0.25, 0.3) is 11.5 Å². The number of carbonyl (C=O) groups is 1. The topological polar surface area (TPSA) is 124 Å². The second kappa shape index (κ2) is 11.1. The van der Waals surface area contributed by atoms with Gasteiger partial charge in [-0.1, -0.05) is 31.4 Å². The van der Waals surface area contributed by atoms with Gasteiger partial charge in [-0.2, -0.15) is 4.31 Å². The lowest BCUT2D eigenvalue weighted by atomic mass is 10.2. The lowest BCUT2D eigenvalue weighted by Gasteiger charge is -2.20. The summed E-state index contributed by atoms with van der Waals surface area (Å²) < 4.78 is 43.4. The minimum Gasteiger partial charge on any atom is -0.496 e. The molecular weight excluding hydrogens is 460 g/mol. The molecule has 0 aliphatic carbocycles. The first-order valence-electron chi connectivity index (χ1n) is 10.8. The molecule has 11 heteroatoms. The molecule has 3 aromatic rings. The van der Waals surface area contributed by atoms with Crippen molar-refractivity contribution in [3.8, 4) is 23.0 Å². The first kappa shape index (κ1) is 25.2. The Morgan fingerprint density at radius 2 is 1.68 bits per heavy atom. The molecule has 0 saturated carbocycles. The highest BCUT2D eigenvalue weighted by Crippen LogP contribution is 2.37. The van der Waals surface area contributed by atoms with E-state index in [1.54, 1.807) is 25.1 Å². The molecule has 0 bridgehead atoms. The van der Waals surface area contributed by atoms with E-state index in [2.05, 4.69) is 15.5 Å². The van der Waals surface area contributed by atoms with Gasteiger partial charge in [-0.15, -0.1) is 5.10 Å². The molecule has 182 valence electrons. The van der Waals surface area contributed by atoms with Crippen LogP contribution in [0.15, 0.2) is 51.8 Å². The van der Waals surface area contributed by atoms with Crippen LogP contribution in [0.1, 0.15) is 37.0 Å². The van der Waals surface area contributed by atoms with E-state index in [0.29, 0.717) is 30.2 Å². The Hall–Kier alpha value is -3.44. The summed E-state index contributed by atoms with van der Waals surface area (Å²) in [5.74, 6) is 0.526. The maximum atomic E-state index is 12.9. The summed E-state index contributed by atoms with van der Waals surface area (Å²) in [5.41, 5.74) is 0.698. The zero-order chi connectivity index (χ0) is 24.7. The van der Waals surface area contributed by atoms with Gasteiger partial charge in [-0.3, -0.25) is 10.1 Å². The summed E-state index contributed by atoms with van der Waals surface area (Å²) in [6.45, 7) is 4.64. The molecule has 10 nitrogen and oxygen atoms in total. The molecule has 1 N–H and O–H groups in total. The normalized spacial score (nSPS) is 11.4. The minimum absolute atomic E-state index is 0.109. The lowest BCUT2D eigenvalue weighted by Crippen LogP contribution is -2.31. The van der Waals surface area contributed by atoms with Gasteiger partial charge in [-0.05, 0) is 42.8 Å². The zero-order valence-corrected chi connectivity index (χ0v) is 20.4. The Labute approximate surface area is 198 Å². The summed E-state index contributed by atoms with van der Waals surface area (Å²) in [6, 6.07) is 10.8. The van der Waals surface area contributed by atoms with Crippen LogP contribution in [0.3, 0.4) is 0 Å². The van der Waals surface area contributed by atoms with Crippen LogP contribution in [0.2, 0.25) is 0 Å². The smallest absolute Gasteiger partial charge is 0.322 e. The van der Waals surface area contributed by atoms with Crippen molar-refractivity contribution < 1.29 is 27.1 Å². The van der Waals surface area contributed by atoms with Gasteiger partial charge in [0.25, 0.3) is 11.8 Å². The molecule has 0 radical (unpaired) electrons. The largest absolute Gasteiger partial charge is 0.496 e. The van der Waals surface area contributed by atoms with Crippen molar-refractivity contribution in [2.45, 2.75) is 31.6 Å². The highest BCUT2D eigenvalue weighted by Gasteiger charge is 2.23. The lowest BCUT2D eigenvalue weighted by molar-refractivity contribution is 0.102. The highest BCUT2D eigenvalue weighted by molar-refractivity contribution is 7.89. The Morgan fingerprint density at radius 1 is 1.03 bits per heavy atom. The number of methoxy groups -OCH3 is 2. The van der Waals surface area contributed by atoms with E-state index in [9.17, 15) is 13.2 Å². The number of anilines is 1. The molecule has 34 heavy (non-hydrogen) atoms. The molecule has 0 spiro atoms. The van der Waals surface area contributed by atoms with Crippen LogP contribution in [-0.4, -0.2) is 56.1 Å². The van der Waals surface area contributed by atoms with Crippen LogP contribution < -0.4 is 14.8 Å². The summed E-state index contributed by atoms with van der Waals surface area (Å²) >= 11 is 0. The number of carbonyl (C=O) groups excluding carboxylic acids is 1. The third-order valence-corrected chi connectivity index (χ3v) is 7.14. The van der Waals surface area contributed by atoms with E-state index in [-0.39, 0.29) is 22.4 Å². The number of hydrogen-bond donors (Lipinski definition) is 1. The van der Waals surface area contributed by atoms with Crippen molar-refractivity contribution >= 4 is 21.9 Å². The average molecular weight is 489 g/mol. The SMILES string of the molecule is CCCCN(CC)S(=O)(=O)c1ccc(C(=O)Nc2nnc(-c3c(OC)cccc3OC)o2)cc1. The second-order valence-electron chi connectivity index (χ2n) is 7.28. The predicted octanol–water partition coefficient (Wildman–Crippen LogP) is 3.82. The van der Waals surface area contributed by atoms with Crippen molar-refractivity contribution in [2.75, 3.05) is 32.6 Å². The summed E-state index contributed by atoms with van der Waals surface area (Å²) in [6.07, 6.45) is 1.67. The monoisotopic (exact) mass is 488 g/mol. The minimum atomic E-state index is -3.63. The third kappa shape index (κ3) is 5.37. The van der Waals surface area contributed by atoms with Gasteiger partial charge >= 0.3 is 6.01 Å². The maximum Gasteiger partial charge on any atom is 0.322 e. The fourth-order valence-corrected chi connectivity index (χ4v) is 4.80. The number of ether oxygens (including phenoxy) is 2. The predicted molar refractivity (Wildman–Crippen MR) is 127 cm³/mol. The van der Waals surface area contributed by atoms with E-state index >= 15 is 0 Å². The molecule has 0 fully saturated rings. The molecular formula is C23H28N4O6S. The number of nitrogens with zero attached hydrogens (tertiary/aromatic N) is 3. The van der Waals surface area contributed by atoms with Gasteiger partial charge in [0.05, 0.1) is 19.1 Å². The van der Waals surface area contributed by atoms with E-state index in [1.807, 2.05) is 6.92 Å².